The molecule has 0 heterocycles. The summed E-state index contributed by atoms with van der Waals surface area (Å²) in [6.45, 7) is 19.1. The van der Waals surface area contributed by atoms with Crippen LogP contribution in [0.15, 0.2) is 0 Å². The molecule has 0 aliphatic rings. The summed E-state index contributed by atoms with van der Waals surface area (Å²) in [7, 11) is 0. The Morgan fingerprint density at radius 3 is 0.500 bits per heavy atom. The Labute approximate surface area is 279 Å². The second-order valence-electron chi connectivity index (χ2n) is 10.0. The highest BCUT2D eigenvalue weighted by Gasteiger charge is 1.97. The Bertz CT molecular complexity index is 476. The summed E-state index contributed by atoms with van der Waals surface area (Å²) in [4.78, 5) is 0. The molecular weight excluding hydrogens is 604 g/mol. The zero-order valence-electron chi connectivity index (χ0n) is 29.2. The van der Waals surface area contributed by atoms with E-state index in [1.807, 2.05) is 0 Å². The second kappa shape index (κ2) is 44.5. The molecule has 0 unspecified atom stereocenters. The third-order valence-corrected chi connectivity index (χ3v) is 6.00. The first kappa shape index (κ1) is 45.5. The van der Waals surface area contributed by atoms with Gasteiger partial charge in [-0.1, -0.05) is 33.1 Å². The number of hydrogen-bond donors (Lipinski definition) is 0. The Kier molecular flexibility index (Phi) is 44.0. The maximum Gasteiger partial charge on any atom is 0.0701 e. The summed E-state index contributed by atoms with van der Waals surface area (Å²) in [5.74, 6) is 0. The summed E-state index contributed by atoms with van der Waals surface area (Å²) in [6.07, 6.45) is 5.79. The van der Waals surface area contributed by atoms with Crippen molar-refractivity contribution >= 4 is 0 Å². The van der Waals surface area contributed by atoms with Gasteiger partial charge in [0.1, 0.15) is 0 Å². The number of ether oxygens (including phenoxy) is 13. The third-order valence-electron chi connectivity index (χ3n) is 6.00. The average Bonchev–Trinajstić information content (AvgIpc) is 3.07. The highest BCUT2D eigenvalue weighted by molar-refractivity contribution is 4.40. The predicted molar refractivity (Wildman–Crippen MR) is 175 cm³/mol. The van der Waals surface area contributed by atoms with Crippen molar-refractivity contribution in [2.24, 2.45) is 0 Å². The van der Waals surface area contributed by atoms with Gasteiger partial charge in [-0.15, -0.1) is 0 Å². The summed E-state index contributed by atoms with van der Waals surface area (Å²) in [6, 6.07) is 0. The van der Waals surface area contributed by atoms with Crippen LogP contribution >= 0.6 is 0 Å². The topological polar surface area (TPSA) is 120 Å². The van der Waals surface area contributed by atoms with Crippen LogP contribution in [0.5, 0.6) is 0 Å². The van der Waals surface area contributed by atoms with Gasteiger partial charge in [0, 0.05) is 13.2 Å². The van der Waals surface area contributed by atoms with Gasteiger partial charge in [0.2, 0.25) is 0 Å². The van der Waals surface area contributed by atoms with Crippen molar-refractivity contribution < 1.29 is 61.6 Å². The third kappa shape index (κ3) is 43.5. The van der Waals surface area contributed by atoms with Gasteiger partial charge >= 0.3 is 0 Å². The van der Waals surface area contributed by atoms with Gasteiger partial charge in [-0.25, -0.2) is 0 Å². The fraction of sp³-hybridized carbons (Fsp3) is 1.00. The van der Waals surface area contributed by atoms with Gasteiger partial charge < -0.3 is 61.6 Å². The highest BCUT2D eigenvalue weighted by Crippen LogP contribution is 1.94. The minimum absolute atomic E-state index is 0.517. The van der Waals surface area contributed by atoms with Crippen molar-refractivity contribution in [1.82, 2.24) is 0 Å². The summed E-state index contributed by atoms with van der Waals surface area (Å²) in [5, 5.41) is 0. The minimum Gasteiger partial charge on any atom is -0.379 e. The van der Waals surface area contributed by atoms with E-state index in [9.17, 15) is 0 Å². The van der Waals surface area contributed by atoms with Crippen molar-refractivity contribution in [2.45, 2.75) is 46.0 Å². The summed E-state index contributed by atoms with van der Waals surface area (Å²) in [5.41, 5.74) is 0. The molecule has 46 heavy (non-hydrogen) atoms. The van der Waals surface area contributed by atoms with Crippen molar-refractivity contribution in [3.63, 3.8) is 0 Å². The van der Waals surface area contributed by atoms with Crippen molar-refractivity contribution in [1.29, 1.82) is 0 Å². The molecule has 0 aliphatic heterocycles. The van der Waals surface area contributed by atoms with Crippen LogP contribution < -0.4 is 0 Å². The van der Waals surface area contributed by atoms with Crippen molar-refractivity contribution in [2.75, 3.05) is 172 Å². The van der Waals surface area contributed by atoms with E-state index < -0.39 is 0 Å². The zero-order chi connectivity index (χ0) is 33.1. The van der Waals surface area contributed by atoms with Gasteiger partial charge in [-0.2, -0.15) is 0 Å². The fourth-order valence-electron chi connectivity index (χ4n) is 3.44. The van der Waals surface area contributed by atoms with Gasteiger partial charge in [0.15, 0.2) is 0 Å². The van der Waals surface area contributed by atoms with Crippen LogP contribution in [0.2, 0.25) is 0 Å². The van der Waals surface area contributed by atoms with Crippen molar-refractivity contribution in [3.8, 4) is 0 Å². The van der Waals surface area contributed by atoms with Gasteiger partial charge in [0.25, 0.3) is 0 Å². The Hall–Kier alpha value is -0.520. The Morgan fingerprint density at radius 2 is 0.326 bits per heavy atom. The first-order valence-electron chi connectivity index (χ1n) is 17.4. The van der Waals surface area contributed by atoms with E-state index in [0.29, 0.717) is 159 Å². The zero-order valence-corrected chi connectivity index (χ0v) is 29.2. The molecule has 0 radical (unpaired) electrons. The molecule has 0 bridgehead atoms. The molecule has 0 aromatic heterocycles. The molecule has 0 amide bonds. The number of hydrogen-bond acceptors (Lipinski definition) is 13. The molecule has 0 aromatic rings. The largest absolute Gasteiger partial charge is 0.379 e. The van der Waals surface area contributed by atoms with Crippen LogP contribution in [-0.2, 0) is 61.6 Å². The minimum atomic E-state index is 0.517. The molecule has 0 spiro atoms. The maximum absolute atomic E-state index is 5.49. The molecule has 0 fully saturated rings. The molecule has 0 saturated heterocycles. The molecule has 13 nitrogen and oxygen atoms in total. The van der Waals surface area contributed by atoms with Gasteiger partial charge in [-0.05, 0) is 12.8 Å². The van der Waals surface area contributed by atoms with Crippen LogP contribution in [0.4, 0.5) is 0 Å². The summed E-state index contributed by atoms with van der Waals surface area (Å²) < 4.78 is 71.1. The smallest absolute Gasteiger partial charge is 0.0701 e. The van der Waals surface area contributed by atoms with E-state index >= 15 is 0 Å². The molecule has 278 valence electrons. The number of rotatable bonds is 43. The fourth-order valence-corrected chi connectivity index (χ4v) is 3.44. The van der Waals surface area contributed by atoms with Crippen molar-refractivity contribution in [3.05, 3.63) is 0 Å². The lowest BCUT2D eigenvalue weighted by Gasteiger charge is -2.09. The Balaban J connectivity index is 3.03. The van der Waals surface area contributed by atoms with E-state index in [4.69, 9.17) is 61.6 Å². The van der Waals surface area contributed by atoms with E-state index in [0.717, 1.165) is 32.5 Å². The van der Waals surface area contributed by atoms with E-state index in [1.54, 1.807) is 0 Å². The SMILES string of the molecule is CCCCCOCCOCCOCCOCCOCCOCCOCCOCCOCCOCCOCCOCCOCCCC. The molecule has 13 heteroatoms. The standard InChI is InChI=1S/C33H68O13/c1-3-5-7-9-35-11-13-37-15-17-39-19-21-41-23-25-43-27-29-45-31-33-46-32-30-44-28-26-42-24-22-40-20-18-38-16-14-36-12-10-34-8-6-4-2/h3-33H2,1-2H3. The van der Waals surface area contributed by atoms with Gasteiger partial charge in [0.05, 0.1) is 159 Å². The first-order valence-corrected chi connectivity index (χ1v) is 17.4. The normalized spacial score (nSPS) is 11.6. The van der Waals surface area contributed by atoms with Crippen LogP contribution in [0.25, 0.3) is 0 Å². The van der Waals surface area contributed by atoms with Crippen LogP contribution in [0.1, 0.15) is 46.0 Å². The lowest BCUT2D eigenvalue weighted by molar-refractivity contribution is -0.0290. The quantitative estimate of drug-likeness (QED) is 0.0883. The lowest BCUT2D eigenvalue weighted by atomic mass is 10.3. The van der Waals surface area contributed by atoms with Crippen LogP contribution in [0.3, 0.4) is 0 Å². The second-order valence-corrected chi connectivity index (χ2v) is 10.0. The molecule has 0 saturated carbocycles. The van der Waals surface area contributed by atoms with E-state index in [-0.39, 0.29) is 0 Å². The lowest BCUT2D eigenvalue weighted by Crippen LogP contribution is -2.15. The van der Waals surface area contributed by atoms with Crippen LogP contribution in [-0.4, -0.2) is 172 Å². The van der Waals surface area contributed by atoms with Gasteiger partial charge in [-0.3, -0.25) is 0 Å². The molecule has 0 rings (SSSR count). The molecule has 0 aromatic carbocycles. The predicted octanol–water partition coefficient (Wildman–Crippen LogP) is 3.19. The molecule has 0 N–H and O–H groups in total. The monoisotopic (exact) mass is 672 g/mol. The first-order chi connectivity index (χ1) is 22.9. The maximum atomic E-state index is 5.49. The average molecular weight is 673 g/mol. The summed E-state index contributed by atoms with van der Waals surface area (Å²) >= 11 is 0. The Morgan fingerprint density at radius 1 is 0.174 bits per heavy atom. The van der Waals surface area contributed by atoms with E-state index in [1.165, 1.54) is 12.8 Å². The molecule has 0 aliphatic carbocycles. The molecule has 0 atom stereocenters. The van der Waals surface area contributed by atoms with E-state index in [2.05, 4.69) is 13.8 Å². The van der Waals surface area contributed by atoms with Crippen LogP contribution in [0, 0.1) is 0 Å². The molecular formula is C33H68O13. The number of unbranched alkanes of at least 4 members (excludes halogenated alkanes) is 3. The highest BCUT2D eigenvalue weighted by atomic mass is 16.6.